The number of rotatable bonds is 3. The first kappa shape index (κ1) is 8.14. The van der Waals surface area contributed by atoms with Crippen molar-refractivity contribution >= 4 is 8.61 Å². The molecule has 58 valence electrons. The van der Waals surface area contributed by atoms with E-state index >= 15 is 0 Å². The second-order valence-corrected chi connectivity index (χ2v) is 2.35. The Kier molecular flexibility index (Phi) is 2.98. The molecule has 0 radical (unpaired) electrons. The highest BCUT2D eigenvalue weighted by Crippen LogP contribution is 2.11. The van der Waals surface area contributed by atoms with Crippen LogP contribution >= 0.6 is 8.61 Å². The van der Waals surface area contributed by atoms with Crippen LogP contribution in [0.25, 0.3) is 0 Å². The molecular weight excluding hydrogens is 163 g/mol. The molecule has 0 aromatic heterocycles. The summed E-state index contributed by atoms with van der Waals surface area (Å²) in [5, 5.41) is 0. The van der Waals surface area contributed by atoms with Crippen LogP contribution in [0.3, 0.4) is 0 Å². The largest absolute Gasteiger partial charge is 0.380 e. The molecule has 2 N–H and O–H groups in total. The van der Waals surface area contributed by atoms with Crippen LogP contribution in [-0.4, -0.2) is 4.94 Å². The van der Waals surface area contributed by atoms with E-state index in [-0.39, 0.29) is 8.61 Å². The van der Waals surface area contributed by atoms with Crippen molar-refractivity contribution in [3.63, 3.8) is 0 Å². The summed E-state index contributed by atoms with van der Waals surface area (Å²) in [6.45, 7) is 0. The summed E-state index contributed by atoms with van der Waals surface area (Å²) in [5.41, 5.74) is 0. The molecule has 0 aliphatic heterocycles. The minimum absolute atomic E-state index is 0.373. The van der Waals surface area contributed by atoms with Gasteiger partial charge in [0.2, 0.25) is 0 Å². The van der Waals surface area contributed by atoms with E-state index in [9.17, 15) is 4.57 Å². The maximum absolute atomic E-state index is 10.1. The minimum atomic E-state index is -0.373. The summed E-state index contributed by atoms with van der Waals surface area (Å²) in [4.78, 5) is 5.55. The third kappa shape index (κ3) is 2.63. The lowest BCUT2D eigenvalue weighted by Crippen LogP contribution is -2.23. The van der Waals surface area contributed by atoms with E-state index in [1.165, 1.54) is 0 Å². The summed E-state index contributed by atoms with van der Waals surface area (Å²) in [7, 11) is -0.373. The standard InChI is InChI=1S/C6H7N2O2P/c7-8(11-9)10-6-4-2-1-3-5-6/h1-5H,7H2. The van der Waals surface area contributed by atoms with E-state index in [0.29, 0.717) is 10.7 Å². The van der Waals surface area contributed by atoms with Crippen LogP contribution in [0, 0.1) is 0 Å². The molecule has 0 fully saturated rings. The van der Waals surface area contributed by atoms with E-state index in [4.69, 9.17) is 10.7 Å². The molecule has 0 heterocycles. The van der Waals surface area contributed by atoms with Crippen molar-refractivity contribution in [2.45, 2.75) is 0 Å². The van der Waals surface area contributed by atoms with Crippen molar-refractivity contribution in [2.75, 3.05) is 0 Å². The van der Waals surface area contributed by atoms with Gasteiger partial charge in [-0.3, -0.25) is 4.57 Å². The van der Waals surface area contributed by atoms with Gasteiger partial charge >= 0.3 is 8.61 Å². The first-order chi connectivity index (χ1) is 5.33. The molecular formula is C6H7N2O2P. The van der Waals surface area contributed by atoms with E-state index in [1.807, 2.05) is 6.07 Å². The zero-order valence-corrected chi connectivity index (χ0v) is 6.57. The van der Waals surface area contributed by atoms with Gasteiger partial charge in [0, 0.05) is 4.94 Å². The second kappa shape index (κ2) is 4.03. The second-order valence-electron chi connectivity index (χ2n) is 1.79. The van der Waals surface area contributed by atoms with Gasteiger partial charge < -0.3 is 4.84 Å². The van der Waals surface area contributed by atoms with Gasteiger partial charge in [-0.15, -0.1) is 0 Å². The quantitative estimate of drug-likeness (QED) is 0.422. The van der Waals surface area contributed by atoms with Crippen LogP contribution in [0.4, 0.5) is 0 Å². The highest BCUT2D eigenvalue weighted by Gasteiger charge is 1.97. The monoisotopic (exact) mass is 170 g/mol. The minimum Gasteiger partial charge on any atom is -0.380 e. The molecule has 0 aliphatic carbocycles. The molecule has 0 spiro atoms. The molecule has 0 amide bonds. The van der Waals surface area contributed by atoms with Crippen LogP contribution in [0.15, 0.2) is 30.3 Å². The molecule has 0 saturated heterocycles. The Balaban J connectivity index is 2.57. The predicted molar refractivity (Wildman–Crippen MR) is 40.7 cm³/mol. The number of para-hydroxylation sites is 1. The van der Waals surface area contributed by atoms with Crippen LogP contribution in [0.5, 0.6) is 5.75 Å². The Bertz CT molecular complexity index is 229. The number of hydrazine groups is 1. The lowest BCUT2D eigenvalue weighted by atomic mass is 10.3. The summed E-state index contributed by atoms with van der Waals surface area (Å²) in [5.74, 6) is 5.65. The fourth-order valence-corrected chi connectivity index (χ4v) is 0.734. The smallest absolute Gasteiger partial charge is 0.303 e. The zero-order chi connectivity index (χ0) is 8.10. The zero-order valence-electron chi connectivity index (χ0n) is 5.68. The number of nitrogens with zero attached hydrogens (tertiary/aromatic N) is 1. The fraction of sp³-hybridized carbons (Fsp3) is 0. The Morgan fingerprint density at radius 3 is 2.55 bits per heavy atom. The molecule has 11 heavy (non-hydrogen) atoms. The normalized spacial score (nSPS) is 10.4. The molecule has 0 bridgehead atoms. The van der Waals surface area contributed by atoms with Gasteiger partial charge in [-0.05, 0) is 12.1 Å². The third-order valence-corrected chi connectivity index (χ3v) is 1.27. The lowest BCUT2D eigenvalue weighted by Gasteiger charge is -2.06. The molecule has 0 aliphatic rings. The van der Waals surface area contributed by atoms with E-state index in [1.54, 1.807) is 24.3 Å². The topological polar surface area (TPSA) is 55.6 Å². The van der Waals surface area contributed by atoms with Crippen LogP contribution in [0.1, 0.15) is 0 Å². The predicted octanol–water partition coefficient (Wildman–Crippen LogP) is 1.36. The number of hydrogen-bond acceptors (Lipinski definition) is 3. The lowest BCUT2D eigenvalue weighted by molar-refractivity contribution is 0.0419. The first-order valence-electron chi connectivity index (χ1n) is 2.94. The fourth-order valence-electron chi connectivity index (χ4n) is 0.606. The molecule has 1 aromatic rings. The Labute approximate surface area is 65.7 Å². The first-order valence-corrected chi connectivity index (χ1v) is 3.70. The Morgan fingerprint density at radius 1 is 1.36 bits per heavy atom. The van der Waals surface area contributed by atoms with Gasteiger partial charge in [-0.1, -0.05) is 18.2 Å². The Hall–Kier alpha value is -0.960. The van der Waals surface area contributed by atoms with Gasteiger partial charge in [0.25, 0.3) is 0 Å². The van der Waals surface area contributed by atoms with Crippen LogP contribution in [-0.2, 0) is 4.57 Å². The number of nitrogens with two attached hydrogens (primary N) is 1. The van der Waals surface area contributed by atoms with Crippen molar-refractivity contribution in [3.8, 4) is 5.75 Å². The van der Waals surface area contributed by atoms with E-state index in [0.717, 1.165) is 0 Å². The maximum atomic E-state index is 10.1. The average Bonchev–Trinajstić information content (AvgIpc) is 2.06. The number of hydrogen-bond donors (Lipinski definition) is 1. The third-order valence-electron chi connectivity index (χ3n) is 1.02. The van der Waals surface area contributed by atoms with Gasteiger partial charge in [-0.2, -0.15) is 0 Å². The van der Waals surface area contributed by atoms with Crippen molar-refractivity contribution < 1.29 is 9.40 Å². The summed E-state index contributed by atoms with van der Waals surface area (Å²) < 4.78 is 10.1. The van der Waals surface area contributed by atoms with Crippen molar-refractivity contribution in [2.24, 2.45) is 5.84 Å². The molecule has 1 aromatic carbocycles. The van der Waals surface area contributed by atoms with E-state index < -0.39 is 0 Å². The summed E-state index contributed by atoms with van der Waals surface area (Å²) in [6.07, 6.45) is 0. The van der Waals surface area contributed by atoms with Crippen molar-refractivity contribution in [1.82, 2.24) is 4.94 Å². The van der Waals surface area contributed by atoms with Crippen molar-refractivity contribution in [1.29, 1.82) is 0 Å². The highest BCUT2D eigenvalue weighted by molar-refractivity contribution is 7.20. The summed E-state index contributed by atoms with van der Waals surface area (Å²) >= 11 is 0. The van der Waals surface area contributed by atoms with Gasteiger partial charge in [-0.25, -0.2) is 5.84 Å². The summed E-state index contributed by atoms with van der Waals surface area (Å²) in [6, 6.07) is 8.87. The molecule has 0 unspecified atom stereocenters. The van der Waals surface area contributed by atoms with Gasteiger partial charge in [0.1, 0.15) is 5.75 Å². The van der Waals surface area contributed by atoms with Gasteiger partial charge in [0.15, 0.2) is 0 Å². The van der Waals surface area contributed by atoms with Crippen molar-refractivity contribution in [3.05, 3.63) is 30.3 Å². The molecule has 1 rings (SSSR count). The number of benzene rings is 1. The SMILES string of the molecule is NN(Oc1ccccc1)P=O. The molecule has 0 saturated carbocycles. The maximum Gasteiger partial charge on any atom is 0.303 e. The average molecular weight is 170 g/mol. The van der Waals surface area contributed by atoms with Crippen LogP contribution in [0.2, 0.25) is 0 Å². The molecule has 0 atom stereocenters. The van der Waals surface area contributed by atoms with E-state index in [2.05, 4.69) is 0 Å². The van der Waals surface area contributed by atoms with Gasteiger partial charge in [0.05, 0.1) is 0 Å². The van der Waals surface area contributed by atoms with Crippen LogP contribution < -0.4 is 10.7 Å². The Morgan fingerprint density at radius 2 is 2.00 bits per heavy atom. The highest BCUT2D eigenvalue weighted by atomic mass is 31.1. The molecule has 5 heteroatoms. The molecule has 4 nitrogen and oxygen atoms in total.